The second-order valence-corrected chi connectivity index (χ2v) is 6.05. The zero-order valence-corrected chi connectivity index (χ0v) is 14.6. The first kappa shape index (κ1) is 17.8. The molecule has 26 heavy (non-hydrogen) atoms. The monoisotopic (exact) mass is 358 g/mol. The highest BCUT2D eigenvalue weighted by atomic mass is 16.6. The van der Waals surface area contributed by atoms with E-state index in [1.54, 1.807) is 12.2 Å². The molecule has 0 aromatic carbocycles. The van der Waals surface area contributed by atoms with Gasteiger partial charge < -0.3 is 20.1 Å². The predicted molar refractivity (Wildman–Crippen MR) is 95.2 cm³/mol. The van der Waals surface area contributed by atoms with E-state index < -0.39 is 5.91 Å². The standard InChI is InChI=1S/C18H22N4O4/c1-2-3-4-14-15(26-8-7-25-14)9-16(23)21-13-11-20-22-17(13)18(24)19-10-12-5-6-12/h2-4,9,11-12H,5-8,10H2,1H3,(H,19,24)(H,20,22)(H,21,23)/b3-2-,14-4+,15-9-. The highest BCUT2D eigenvalue weighted by molar-refractivity contribution is 6.05. The number of nitrogens with one attached hydrogen (secondary N) is 3. The molecular formula is C18H22N4O4. The summed E-state index contributed by atoms with van der Waals surface area (Å²) in [6, 6.07) is 0. The normalized spacial score (nSPS) is 20.0. The van der Waals surface area contributed by atoms with Gasteiger partial charge in [0.2, 0.25) is 0 Å². The summed E-state index contributed by atoms with van der Waals surface area (Å²) in [7, 11) is 0. The number of carbonyl (C=O) groups is 2. The van der Waals surface area contributed by atoms with Gasteiger partial charge in [-0.2, -0.15) is 5.10 Å². The molecule has 1 aromatic rings. The molecule has 2 heterocycles. The van der Waals surface area contributed by atoms with Crippen molar-refractivity contribution in [3.63, 3.8) is 0 Å². The van der Waals surface area contributed by atoms with E-state index in [2.05, 4.69) is 20.8 Å². The lowest BCUT2D eigenvalue weighted by Crippen LogP contribution is -2.27. The minimum absolute atomic E-state index is 0.155. The van der Waals surface area contributed by atoms with Crippen LogP contribution in [-0.4, -0.2) is 41.8 Å². The largest absolute Gasteiger partial charge is 0.486 e. The van der Waals surface area contributed by atoms with E-state index >= 15 is 0 Å². The summed E-state index contributed by atoms with van der Waals surface area (Å²) in [6.45, 7) is 3.31. The molecule has 1 aliphatic carbocycles. The molecule has 0 atom stereocenters. The Balaban J connectivity index is 1.65. The lowest BCUT2D eigenvalue weighted by molar-refractivity contribution is -0.112. The molecule has 0 radical (unpaired) electrons. The third-order valence-corrected chi connectivity index (χ3v) is 3.91. The summed E-state index contributed by atoms with van der Waals surface area (Å²) in [5, 5.41) is 12.0. The van der Waals surface area contributed by atoms with Crippen molar-refractivity contribution in [2.24, 2.45) is 5.92 Å². The maximum absolute atomic E-state index is 12.3. The lowest BCUT2D eigenvalue weighted by Gasteiger charge is -2.20. The van der Waals surface area contributed by atoms with Crippen molar-refractivity contribution in [1.29, 1.82) is 0 Å². The molecule has 3 N–H and O–H groups in total. The Morgan fingerprint density at radius 3 is 2.81 bits per heavy atom. The number of hydrogen-bond donors (Lipinski definition) is 3. The molecule has 0 spiro atoms. The first-order valence-electron chi connectivity index (χ1n) is 8.61. The van der Waals surface area contributed by atoms with Gasteiger partial charge in [-0.05, 0) is 31.8 Å². The fraction of sp³-hybridized carbons (Fsp3) is 0.389. The highest BCUT2D eigenvalue weighted by Gasteiger charge is 2.24. The summed E-state index contributed by atoms with van der Waals surface area (Å²) in [6.07, 6.45) is 10.4. The van der Waals surface area contributed by atoms with Crippen LogP contribution in [-0.2, 0) is 14.3 Å². The van der Waals surface area contributed by atoms with E-state index in [0.717, 1.165) is 12.8 Å². The first-order chi connectivity index (χ1) is 12.7. The van der Waals surface area contributed by atoms with Gasteiger partial charge in [0.05, 0.1) is 5.69 Å². The number of ether oxygens (including phenoxy) is 2. The SMILES string of the molecule is C\C=C/C=C1/OCCO/C1=C\C(=O)Nc1c[nH]nc1C(=O)NCC1CC1. The van der Waals surface area contributed by atoms with E-state index in [0.29, 0.717) is 42.9 Å². The molecule has 1 aliphatic heterocycles. The highest BCUT2D eigenvalue weighted by Crippen LogP contribution is 2.27. The van der Waals surface area contributed by atoms with Crippen LogP contribution in [0.1, 0.15) is 30.3 Å². The number of anilines is 1. The maximum atomic E-state index is 12.3. The Morgan fingerprint density at radius 2 is 2.08 bits per heavy atom. The van der Waals surface area contributed by atoms with Crippen LogP contribution in [0.5, 0.6) is 0 Å². The molecule has 138 valence electrons. The molecule has 1 saturated heterocycles. The fourth-order valence-corrected chi connectivity index (χ4v) is 2.36. The van der Waals surface area contributed by atoms with Crippen LogP contribution < -0.4 is 10.6 Å². The van der Waals surface area contributed by atoms with Gasteiger partial charge in [-0.1, -0.05) is 12.2 Å². The topological polar surface area (TPSA) is 105 Å². The van der Waals surface area contributed by atoms with Gasteiger partial charge in [-0.25, -0.2) is 0 Å². The molecule has 8 nitrogen and oxygen atoms in total. The van der Waals surface area contributed by atoms with Gasteiger partial charge in [0.25, 0.3) is 11.8 Å². The Labute approximate surface area is 151 Å². The average Bonchev–Trinajstić information content (AvgIpc) is 3.36. The van der Waals surface area contributed by atoms with Crippen molar-refractivity contribution in [2.75, 3.05) is 25.1 Å². The number of nitrogens with zero attached hydrogens (tertiary/aromatic N) is 1. The van der Waals surface area contributed by atoms with Crippen molar-refractivity contribution in [3.05, 3.63) is 47.7 Å². The van der Waals surface area contributed by atoms with Crippen molar-refractivity contribution < 1.29 is 19.1 Å². The molecule has 1 saturated carbocycles. The first-order valence-corrected chi connectivity index (χ1v) is 8.61. The predicted octanol–water partition coefficient (Wildman–Crippen LogP) is 1.88. The van der Waals surface area contributed by atoms with Crippen LogP contribution in [0.15, 0.2) is 42.0 Å². The molecule has 2 aliphatic rings. The molecule has 3 rings (SSSR count). The number of aromatic nitrogens is 2. The van der Waals surface area contributed by atoms with Crippen molar-refractivity contribution >= 4 is 17.5 Å². The summed E-state index contributed by atoms with van der Waals surface area (Å²) in [4.78, 5) is 24.5. The van der Waals surface area contributed by atoms with Gasteiger partial charge in [-0.15, -0.1) is 0 Å². The van der Waals surface area contributed by atoms with E-state index in [4.69, 9.17) is 9.47 Å². The molecule has 8 heteroatoms. The summed E-state index contributed by atoms with van der Waals surface area (Å²) in [5.74, 6) is 0.641. The number of rotatable bonds is 6. The molecular weight excluding hydrogens is 336 g/mol. The van der Waals surface area contributed by atoms with Crippen molar-refractivity contribution in [2.45, 2.75) is 19.8 Å². The second kappa shape index (κ2) is 8.37. The maximum Gasteiger partial charge on any atom is 0.273 e. The van der Waals surface area contributed by atoms with E-state index in [1.807, 2.05) is 13.0 Å². The molecule has 0 bridgehead atoms. The van der Waals surface area contributed by atoms with Crippen molar-refractivity contribution in [1.82, 2.24) is 15.5 Å². The third-order valence-electron chi connectivity index (χ3n) is 3.91. The molecule has 1 aromatic heterocycles. The minimum atomic E-state index is -0.436. The average molecular weight is 358 g/mol. The number of allylic oxidation sites excluding steroid dienone is 3. The number of amides is 2. The van der Waals surface area contributed by atoms with Crippen LogP contribution >= 0.6 is 0 Å². The lowest BCUT2D eigenvalue weighted by atomic mass is 10.3. The van der Waals surface area contributed by atoms with Crippen LogP contribution in [0, 0.1) is 5.92 Å². The van der Waals surface area contributed by atoms with Gasteiger partial charge in [0.15, 0.2) is 17.2 Å². The fourth-order valence-electron chi connectivity index (χ4n) is 2.36. The summed E-state index contributed by atoms with van der Waals surface area (Å²) >= 11 is 0. The zero-order valence-electron chi connectivity index (χ0n) is 14.6. The molecule has 2 fully saturated rings. The van der Waals surface area contributed by atoms with Crippen molar-refractivity contribution in [3.8, 4) is 0 Å². The van der Waals surface area contributed by atoms with E-state index in [1.165, 1.54) is 12.3 Å². The number of carbonyl (C=O) groups excluding carboxylic acids is 2. The Morgan fingerprint density at radius 1 is 1.31 bits per heavy atom. The minimum Gasteiger partial charge on any atom is -0.486 e. The van der Waals surface area contributed by atoms with Crippen LogP contribution in [0.2, 0.25) is 0 Å². The molecule has 0 unspecified atom stereocenters. The smallest absolute Gasteiger partial charge is 0.273 e. The Kier molecular flexibility index (Phi) is 5.73. The van der Waals surface area contributed by atoms with Gasteiger partial charge in [0, 0.05) is 18.8 Å². The summed E-state index contributed by atoms with van der Waals surface area (Å²) in [5.41, 5.74) is 0.471. The quantitative estimate of drug-likeness (QED) is 0.674. The number of hydrogen-bond acceptors (Lipinski definition) is 5. The second-order valence-electron chi connectivity index (χ2n) is 6.05. The number of aromatic amines is 1. The Hall–Kier alpha value is -3.03. The van der Waals surface area contributed by atoms with Gasteiger partial charge in [0.1, 0.15) is 13.2 Å². The van der Waals surface area contributed by atoms with E-state index in [-0.39, 0.29) is 11.6 Å². The Bertz CT molecular complexity index is 759. The van der Waals surface area contributed by atoms with Gasteiger partial charge in [-0.3, -0.25) is 14.7 Å². The molecule has 2 amide bonds. The van der Waals surface area contributed by atoms with E-state index in [9.17, 15) is 9.59 Å². The zero-order chi connectivity index (χ0) is 18.4. The third kappa shape index (κ3) is 4.75. The van der Waals surface area contributed by atoms with Gasteiger partial charge >= 0.3 is 0 Å². The van der Waals surface area contributed by atoms with Crippen LogP contribution in [0.25, 0.3) is 0 Å². The number of H-pyrrole nitrogens is 1. The van der Waals surface area contributed by atoms with Crippen LogP contribution in [0.4, 0.5) is 5.69 Å². The van der Waals surface area contributed by atoms with Crippen LogP contribution in [0.3, 0.4) is 0 Å². The summed E-state index contributed by atoms with van der Waals surface area (Å²) < 4.78 is 11.0.